The van der Waals surface area contributed by atoms with Crippen molar-refractivity contribution >= 4 is 23.3 Å². The van der Waals surface area contributed by atoms with Gasteiger partial charge in [-0.25, -0.2) is 0 Å². The van der Waals surface area contributed by atoms with Crippen LogP contribution in [0.5, 0.6) is 0 Å². The van der Waals surface area contributed by atoms with Crippen molar-refractivity contribution in [1.82, 2.24) is 5.32 Å². The van der Waals surface area contributed by atoms with E-state index in [1.807, 2.05) is 0 Å². The summed E-state index contributed by atoms with van der Waals surface area (Å²) < 4.78 is 0. The van der Waals surface area contributed by atoms with Gasteiger partial charge in [0.25, 0.3) is 0 Å². The molecule has 0 saturated carbocycles. The van der Waals surface area contributed by atoms with Crippen molar-refractivity contribution in [3.05, 3.63) is 0 Å². The molecular formula is C10H18ClNO4. The first-order valence-electron chi connectivity index (χ1n) is 4.99. The molecule has 0 unspecified atom stereocenters. The fourth-order valence-electron chi connectivity index (χ4n) is 0.930. The second kappa shape index (κ2) is 6.83. The van der Waals surface area contributed by atoms with Gasteiger partial charge in [0, 0.05) is 18.4 Å². The minimum absolute atomic E-state index is 0.0828. The standard InChI is InChI=1S/C10H18ClNO4/c1-10(2,6-13)8(15)9(16)12-4-3-7(14)5-11/h8,13,15H,3-6H2,1-2H3,(H,12,16)/t8-/m0/s1. The van der Waals surface area contributed by atoms with Gasteiger partial charge in [0.15, 0.2) is 0 Å². The highest BCUT2D eigenvalue weighted by atomic mass is 35.5. The lowest BCUT2D eigenvalue weighted by Gasteiger charge is -2.27. The van der Waals surface area contributed by atoms with Gasteiger partial charge in [-0.3, -0.25) is 9.59 Å². The smallest absolute Gasteiger partial charge is 0.249 e. The summed E-state index contributed by atoms with van der Waals surface area (Å²) >= 11 is 5.28. The summed E-state index contributed by atoms with van der Waals surface area (Å²) in [4.78, 5) is 22.2. The lowest BCUT2D eigenvalue weighted by atomic mass is 9.87. The Kier molecular flexibility index (Phi) is 6.55. The third-order valence-electron chi connectivity index (χ3n) is 2.25. The average Bonchev–Trinajstić information content (AvgIpc) is 2.27. The number of carbonyl (C=O) groups is 2. The van der Waals surface area contributed by atoms with E-state index in [2.05, 4.69) is 5.32 Å². The highest BCUT2D eigenvalue weighted by Gasteiger charge is 2.32. The van der Waals surface area contributed by atoms with E-state index in [4.69, 9.17) is 16.7 Å². The minimum Gasteiger partial charge on any atom is -0.396 e. The molecule has 0 aliphatic carbocycles. The largest absolute Gasteiger partial charge is 0.396 e. The summed E-state index contributed by atoms with van der Waals surface area (Å²) in [6.07, 6.45) is -1.16. The van der Waals surface area contributed by atoms with E-state index in [1.54, 1.807) is 13.8 Å². The first kappa shape index (κ1) is 15.3. The molecule has 0 spiro atoms. The van der Waals surface area contributed by atoms with Crippen LogP contribution in [0, 0.1) is 5.41 Å². The fourth-order valence-corrected chi connectivity index (χ4v) is 1.06. The van der Waals surface area contributed by atoms with Gasteiger partial charge in [0.2, 0.25) is 5.91 Å². The number of hydrogen-bond donors (Lipinski definition) is 3. The maximum atomic E-state index is 11.4. The monoisotopic (exact) mass is 251 g/mol. The molecule has 1 atom stereocenters. The average molecular weight is 252 g/mol. The molecule has 5 nitrogen and oxygen atoms in total. The van der Waals surface area contributed by atoms with E-state index < -0.39 is 17.4 Å². The number of halogens is 1. The van der Waals surface area contributed by atoms with Crippen molar-refractivity contribution < 1.29 is 19.8 Å². The van der Waals surface area contributed by atoms with Crippen LogP contribution in [-0.2, 0) is 9.59 Å². The molecule has 0 aliphatic rings. The molecule has 0 aliphatic heterocycles. The van der Waals surface area contributed by atoms with Crippen molar-refractivity contribution in [3.63, 3.8) is 0 Å². The summed E-state index contributed by atoms with van der Waals surface area (Å²) in [5.74, 6) is -0.847. The molecule has 94 valence electrons. The van der Waals surface area contributed by atoms with Gasteiger partial charge in [-0.15, -0.1) is 11.6 Å². The Morgan fingerprint density at radius 2 is 2.00 bits per heavy atom. The van der Waals surface area contributed by atoms with Crippen molar-refractivity contribution in [1.29, 1.82) is 0 Å². The van der Waals surface area contributed by atoms with E-state index in [1.165, 1.54) is 0 Å². The predicted molar refractivity (Wildman–Crippen MR) is 60.2 cm³/mol. The predicted octanol–water partition coefficient (Wildman–Crippen LogP) is -0.320. The molecule has 0 saturated heterocycles. The first-order chi connectivity index (χ1) is 7.35. The molecular weight excluding hydrogens is 234 g/mol. The van der Waals surface area contributed by atoms with Gasteiger partial charge in [0.1, 0.15) is 11.9 Å². The van der Waals surface area contributed by atoms with E-state index in [9.17, 15) is 14.7 Å². The second-order valence-electron chi connectivity index (χ2n) is 4.26. The van der Waals surface area contributed by atoms with Crippen molar-refractivity contribution in [2.24, 2.45) is 5.41 Å². The zero-order valence-electron chi connectivity index (χ0n) is 9.49. The molecule has 3 N–H and O–H groups in total. The van der Waals surface area contributed by atoms with E-state index in [-0.39, 0.29) is 31.2 Å². The maximum Gasteiger partial charge on any atom is 0.249 e. The van der Waals surface area contributed by atoms with Crippen LogP contribution >= 0.6 is 11.6 Å². The molecule has 1 amide bonds. The van der Waals surface area contributed by atoms with Crippen LogP contribution in [0.3, 0.4) is 0 Å². The lowest BCUT2D eigenvalue weighted by Crippen LogP contribution is -2.46. The Labute approximate surface area is 99.8 Å². The molecule has 0 aromatic heterocycles. The van der Waals surface area contributed by atoms with E-state index in [0.29, 0.717) is 0 Å². The van der Waals surface area contributed by atoms with Gasteiger partial charge in [-0.1, -0.05) is 13.8 Å². The van der Waals surface area contributed by atoms with Gasteiger partial charge in [-0.05, 0) is 0 Å². The normalized spacial score (nSPS) is 13.3. The molecule has 6 heteroatoms. The first-order valence-corrected chi connectivity index (χ1v) is 5.53. The zero-order chi connectivity index (χ0) is 12.8. The van der Waals surface area contributed by atoms with Crippen molar-refractivity contribution in [2.45, 2.75) is 26.4 Å². The summed E-state index contributed by atoms with van der Waals surface area (Å²) in [6.45, 7) is 2.98. The molecule has 0 aromatic rings. The number of Topliss-reactive ketones (excluding diaryl/α,β-unsaturated/α-hetero) is 1. The quantitative estimate of drug-likeness (QED) is 0.542. The number of aliphatic hydroxyl groups excluding tert-OH is 2. The molecule has 0 fully saturated rings. The van der Waals surface area contributed by atoms with Crippen LogP contribution < -0.4 is 5.32 Å². The summed E-state index contributed by atoms with van der Waals surface area (Å²) in [5, 5.41) is 20.9. The van der Waals surface area contributed by atoms with E-state index in [0.717, 1.165) is 0 Å². The van der Waals surface area contributed by atoms with Gasteiger partial charge >= 0.3 is 0 Å². The minimum atomic E-state index is -1.30. The van der Waals surface area contributed by atoms with Crippen LogP contribution in [0.2, 0.25) is 0 Å². The molecule has 0 rings (SSSR count). The van der Waals surface area contributed by atoms with Gasteiger partial charge < -0.3 is 15.5 Å². The summed E-state index contributed by atoms with van der Waals surface area (Å²) in [7, 11) is 0. The zero-order valence-corrected chi connectivity index (χ0v) is 10.3. The number of carbonyl (C=O) groups excluding carboxylic acids is 2. The molecule has 0 aromatic carbocycles. The molecule has 16 heavy (non-hydrogen) atoms. The Hall–Kier alpha value is -0.650. The number of aliphatic hydroxyl groups is 2. The third kappa shape index (κ3) is 4.92. The molecule has 0 heterocycles. The Bertz CT molecular complexity index is 255. The maximum absolute atomic E-state index is 11.4. The second-order valence-corrected chi connectivity index (χ2v) is 4.53. The van der Waals surface area contributed by atoms with Crippen molar-refractivity contribution in [3.8, 4) is 0 Å². The van der Waals surface area contributed by atoms with Crippen LogP contribution in [0.4, 0.5) is 0 Å². The number of hydrogen-bond acceptors (Lipinski definition) is 4. The number of amides is 1. The summed E-state index contributed by atoms with van der Waals surface area (Å²) in [5.41, 5.74) is -0.902. The van der Waals surface area contributed by atoms with Crippen molar-refractivity contribution in [2.75, 3.05) is 19.0 Å². The SMILES string of the molecule is CC(C)(CO)[C@@H](O)C(=O)NCCC(=O)CCl. The van der Waals surface area contributed by atoms with Crippen LogP contribution in [-0.4, -0.2) is 47.0 Å². The Balaban J connectivity index is 4.03. The van der Waals surface area contributed by atoms with Gasteiger partial charge in [-0.2, -0.15) is 0 Å². The third-order valence-corrected chi connectivity index (χ3v) is 2.55. The highest BCUT2D eigenvalue weighted by molar-refractivity contribution is 6.27. The Morgan fingerprint density at radius 1 is 1.44 bits per heavy atom. The van der Waals surface area contributed by atoms with E-state index >= 15 is 0 Å². The number of ketones is 1. The number of alkyl halides is 1. The number of rotatable bonds is 7. The Morgan fingerprint density at radius 3 is 2.44 bits per heavy atom. The van der Waals surface area contributed by atoms with Gasteiger partial charge in [0.05, 0.1) is 12.5 Å². The molecule has 0 bridgehead atoms. The number of nitrogens with one attached hydrogen (secondary N) is 1. The molecule has 0 radical (unpaired) electrons. The van der Waals surface area contributed by atoms with Crippen LogP contribution in [0.25, 0.3) is 0 Å². The lowest BCUT2D eigenvalue weighted by molar-refractivity contribution is -0.137. The van der Waals surface area contributed by atoms with Crippen LogP contribution in [0.15, 0.2) is 0 Å². The topological polar surface area (TPSA) is 86.6 Å². The highest BCUT2D eigenvalue weighted by Crippen LogP contribution is 2.19. The summed E-state index contributed by atoms with van der Waals surface area (Å²) in [6, 6.07) is 0. The fraction of sp³-hybridized carbons (Fsp3) is 0.800. The van der Waals surface area contributed by atoms with Crippen LogP contribution in [0.1, 0.15) is 20.3 Å².